The molecule has 0 aliphatic carbocycles. The molecular weight excluding hydrogens is 268 g/mol. The number of aryl methyl sites for hydroxylation is 1. The van der Waals surface area contributed by atoms with E-state index in [4.69, 9.17) is 9.72 Å². The molecule has 1 N–H and O–H groups in total. The Kier molecular flexibility index (Phi) is 5.71. The van der Waals surface area contributed by atoms with E-state index < -0.39 is 0 Å². The summed E-state index contributed by atoms with van der Waals surface area (Å²) in [5.74, 6) is 0. The summed E-state index contributed by atoms with van der Waals surface area (Å²) in [5, 5.41) is 4.51. The van der Waals surface area contributed by atoms with Crippen LogP contribution in [-0.4, -0.2) is 18.6 Å². The first-order valence-electron chi connectivity index (χ1n) is 7.00. The number of aromatic nitrogens is 1. The summed E-state index contributed by atoms with van der Waals surface area (Å²) >= 11 is 1.76. The fourth-order valence-electron chi connectivity index (χ4n) is 1.97. The van der Waals surface area contributed by atoms with Crippen LogP contribution in [0.3, 0.4) is 0 Å². The Balaban J connectivity index is 2.21. The highest BCUT2D eigenvalue weighted by atomic mass is 32.1. The Morgan fingerprint density at radius 3 is 2.65 bits per heavy atom. The molecular formula is C16H22N2OS. The molecule has 0 saturated heterocycles. The lowest BCUT2D eigenvalue weighted by molar-refractivity contribution is 0.181. The van der Waals surface area contributed by atoms with E-state index in [0.29, 0.717) is 6.61 Å². The van der Waals surface area contributed by atoms with Crippen molar-refractivity contribution in [2.24, 2.45) is 0 Å². The van der Waals surface area contributed by atoms with Gasteiger partial charge in [-0.1, -0.05) is 36.8 Å². The molecule has 0 aliphatic rings. The molecule has 108 valence electrons. The minimum Gasteiger partial charge on any atom is -0.378 e. The van der Waals surface area contributed by atoms with Crippen molar-refractivity contribution in [1.29, 1.82) is 0 Å². The van der Waals surface area contributed by atoms with Crippen molar-refractivity contribution in [1.82, 2.24) is 10.3 Å². The molecule has 0 saturated carbocycles. The van der Waals surface area contributed by atoms with Crippen molar-refractivity contribution in [3.63, 3.8) is 0 Å². The topological polar surface area (TPSA) is 34.2 Å². The minimum absolute atomic E-state index is 0.575. The molecule has 1 aromatic carbocycles. The monoisotopic (exact) mass is 290 g/mol. The number of hydrogen-bond acceptors (Lipinski definition) is 4. The fraction of sp³-hybridized carbons (Fsp3) is 0.438. The summed E-state index contributed by atoms with van der Waals surface area (Å²) in [4.78, 5) is 6.01. The second-order valence-corrected chi connectivity index (χ2v) is 5.95. The second kappa shape index (κ2) is 7.53. The number of nitrogens with one attached hydrogen (secondary N) is 1. The lowest BCUT2D eigenvalue weighted by Gasteiger charge is -2.02. The predicted molar refractivity (Wildman–Crippen MR) is 85.0 cm³/mol. The van der Waals surface area contributed by atoms with E-state index in [1.54, 1.807) is 18.4 Å². The van der Waals surface area contributed by atoms with E-state index in [1.165, 1.54) is 16.0 Å². The number of ether oxygens (including phenoxy) is 1. The second-order valence-electron chi connectivity index (χ2n) is 4.86. The summed E-state index contributed by atoms with van der Waals surface area (Å²) in [7, 11) is 1.72. The maximum atomic E-state index is 5.26. The van der Waals surface area contributed by atoms with Crippen LogP contribution in [0.4, 0.5) is 0 Å². The van der Waals surface area contributed by atoms with Crippen LogP contribution in [0.1, 0.15) is 29.5 Å². The molecule has 0 aliphatic heterocycles. The molecule has 1 heterocycles. The van der Waals surface area contributed by atoms with Crippen molar-refractivity contribution >= 4 is 11.3 Å². The van der Waals surface area contributed by atoms with Gasteiger partial charge in [-0.05, 0) is 19.9 Å². The van der Waals surface area contributed by atoms with Crippen molar-refractivity contribution in [3.05, 3.63) is 40.4 Å². The van der Waals surface area contributed by atoms with Crippen molar-refractivity contribution < 1.29 is 4.74 Å². The third-order valence-electron chi connectivity index (χ3n) is 3.07. The van der Waals surface area contributed by atoms with E-state index in [9.17, 15) is 0 Å². The highest BCUT2D eigenvalue weighted by Gasteiger charge is 2.12. The van der Waals surface area contributed by atoms with E-state index in [2.05, 4.69) is 43.4 Å². The zero-order valence-corrected chi connectivity index (χ0v) is 13.2. The molecule has 0 radical (unpaired) electrons. The van der Waals surface area contributed by atoms with Gasteiger partial charge in [-0.2, -0.15) is 0 Å². The highest BCUT2D eigenvalue weighted by molar-refractivity contribution is 7.15. The van der Waals surface area contributed by atoms with Crippen LogP contribution in [0.2, 0.25) is 0 Å². The van der Waals surface area contributed by atoms with Gasteiger partial charge in [-0.15, -0.1) is 11.3 Å². The molecule has 0 fully saturated rings. The zero-order valence-electron chi connectivity index (χ0n) is 12.4. The van der Waals surface area contributed by atoms with Crippen LogP contribution in [0.25, 0.3) is 10.6 Å². The Morgan fingerprint density at radius 1 is 1.25 bits per heavy atom. The largest absolute Gasteiger partial charge is 0.378 e. The maximum Gasteiger partial charge on any atom is 0.124 e. The summed E-state index contributed by atoms with van der Waals surface area (Å²) in [6.07, 6.45) is 1.14. The Morgan fingerprint density at radius 2 is 2.00 bits per heavy atom. The van der Waals surface area contributed by atoms with Crippen LogP contribution in [0.5, 0.6) is 0 Å². The van der Waals surface area contributed by atoms with E-state index >= 15 is 0 Å². The first-order valence-corrected chi connectivity index (χ1v) is 7.81. The lowest BCUT2D eigenvalue weighted by Crippen LogP contribution is -2.14. The molecule has 0 amide bonds. The van der Waals surface area contributed by atoms with Crippen molar-refractivity contribution in [2.75, 3.05) is 13.7 Å². The number of hydrogen-bond donors (Lipinski definition) is 1. The van der Waals surface area contributed by atoms with Crippen molar-refractivity contribution in [3.8, 4) is 10.6 Å². The molecule has 0 unspecified atom stereocenters. The summed E-state index contributed by atoms with van der Waals surface area (Å²) in [6, 6.07) is 8.52. The minimum atomic E-state index is 0.575. The van der Waals surface area contributed by atoms with Gasteiger partial charge in [0.1, 0.15) is 5.01 Å². The molecule has 0 atom stereocenters. The van der Waals surface area contributed by atoms with Gasteiger partial charge in [0, 0.05) is 24.1 Å². The summed E-state index contributed by atoms with van der Waals surface area (Å²) < 4.78 is 5.26. The lowest BCUT2D eigenvalue weighted by atomic mass is 10.2. The SMILES string of the molecule is CCCNCc1sc(-c2ccc(C)cc2)nc1COC. The number of nitrogens with zero attached hydrogens (tertiary/aromatic N) is 1. The normalized spacial score (nSPS) is 10.9. The highest BCUT2D eigenvalue weighted by Crippen LogP contribution is 2.28. The smallest absolute Gasteiger partial charge is 0.124 e. The molecule has 2 aromatic rings. The van der Waals surface area contributed by atoms with Crippen LogP contribution < -0.4 is 5.32 Å². The van der Waals surface area contributed by atoms with Gasteiger partial charge in [-0.3, -0.25) is 0 Å². The number of benzene rings is 1. The summed E-state index contributed by atoms with van der Waals surface area (Å²) in [5.41, 5.74) is 3.50. The van der Waals surface area contributed by atoms with E-state index in [-0.39, 0.29) is 0 Å². The molecule has 3 nitrogen and oxygen atoms in total. The molecule has 20 heavy (non-hydrogen) atoms. The number of methoxy groups -OCH3 is 1. The number of rotatable bonds is 7. The van der Waals surface area contributed by atoms with Crippen LogP contribution in [0.15, 0.2) is 24.3 Å². The fourth-order valence-corrected chi connectivity index (χ4v) is 3.01. The Hall–Kier alpha value is -1.23. The Labute approximate surface area is 125 Å². The number of thiazole rings is 1. The quantitative estimate of drug-likeness (QED) is 0.788. The molecule has 4 heteroatoms. The first-order chi connectivity index (χ1) is 9.74. The third-order valence-corrected chi connectivity index (χ3v) is 4.22. The van der Waals surface area contributed by atoms with Gasteiger partial charge in [0.25, 0.3) is 0 Å². The summed E-state index contributed by atoms with van der Waals surface area (Å²) in [6.45, 7) is 6.75. The maximum absolute atomic E-state index is 5.26. The van der Waals surface area contributed by atoms with Gasteiger partial charge in [0.15, 0.2) is 0 Å². The van der Waals surface area contributed by atoms with Gasteiger partial charge in [-0.25, -0.2) is 4.98 Å². The van der Waals surface area contributed by atoms with Crippen LogP contribution >= 0.6 is 11.3 Å². The van der Waals surface area contributed by atoms with E-state index in [0.717, 1.165) is 30.2 Å². The van der Waals surface area contributed by atoms with Crippen LogP contribution in [0, 0.1) is 6.92 Å². The average molecular weight is 290 g/mol. The average Bonchev–Trinajstić information content (AvgIpc) is 2.84. The standard InChI is InChI=1S/C16H22N2OS/c1-4-9-17-10-15-14(11-19-3)18-16(20-15)13-7-5-12(2)6-8-13/h5-8,17H,4,9-11H2,1-3H3. The van der Waals surface area contributed by atoms with Gasteiger partial charge in [0.05, 0.1) is 12.3 Å². The molecule has 1 aromatic heterocycles. The predicted octanol–water partition coefficient (Wildman–Crippen LogP) is 3.76. The van der Waals surface area contributed by atoms with Gasteiger partial charge in [0.2, 0.25) is 0 Å². The Bertz CT molecular complexity index is 534. The van der Waals surface area contributed by atoms with Gasteiger partial charge >= 0.3 is 0 Å². The first kappa shape index (κ1) is 15.2. The van der Waals surface area contributed by atoms with Gasteiger partial charge < -0.3 is 10.1 Å². The van der Waals surface area contributed by atoms with Crippen molar-refractivity contribution in [2.45, 2.75) is 33.4 Å². The molecule has 0 spiro atoms. The van der Waals surface area contributed by atoms with E-state index in [1.807, 2.05) is 0 Å². The zero-order chi connectivity index (χ0) is 14.4. The van der Waals surface area contributed by atoms with Crippen LogP contribution in [-0.2, 0) is 17.9 Å². The molecule has 2 rings (SSSR count). The third kappa shape index (κ3) is 3.88. The molecule has 0 bridgehead atoms.